The molecule has 2 nitrogen and oxygen atoms in total. The van der Waals surface area contributed by atoms with Gasteiger partial charge in [0, 0.05) is 0 Å². The van der Waals surface area contributed by atoms with Gasteiger partial charge in [-0.05, 0) is 29.8 Å². The van der Waals surface area contributed by atoms with Crippen LogP contribution in [0, 0.1) is 10.8 Å². The Kier molecular flexibility index (Phi) is 2.95. The van der Waals surface area contributed by atoms with Crippen LogP contribution in [0.2, 0.25) is 0 Å². The molecular formula is C10H18O2S. The van der Waals surface area contributed by atoms with Crippen LogP contribution in [0.3, 0.4) is 0 Å². The SMILES string of the molecule is CC(C)(C)C1(C(=O)O)CCSCC1. The fraction of sp³-hybridized carbons (Fsp3) is 0.900. The number of rotatable bonds is 1. The van der Waals surface area contributed by atoms with Crippen molar-refractivity contribution in [1.82, 2.24) is 0 Å². The van der Waals surface area contributed by atoms with E-state index in [0.717, 1.165) is 24.3 Å². The molecule has 0 atom stereocenters. The highest BCUT2D eigenvalue weighted by molar-refractivity contribution is 7.99. The monoisotopic (exact) mass is 202 g/mol. The predicted octanol–water partition coefficient (Wildman–Crippen LogP) is 2.63. The molecule has 1 heterocycles. The topological polar surface area (TPSA) is 37.3 Å². The minimum Gasteiger partial charge on any atom is -0.481 e. The molecule has 0 aromatic heterocycles. The van der Waals surface area contributed by atoms with Crippen molar-refractivity contribution in [2.75, 3.05) is 11.5 Å². The summed E-state index contributed by atoms with van der Waals surface area (Å²) in [4.78, 5) is 11.3. The lowest BCUT2D eigenvalue weighted by Gasteiger charge is -2.43. The van der Waals surface area contributed by atoms with Gasteiger partial charge in [-0.25, -0.2) is 0 Å². The van der Waals surface area contributed by atoms with E-state index in [1.54, 1.807) is 0 Å². The third-order valence-corrected chi connectivity index (χ3v) is 4.18. The maximum absolute atomic E-state index is 11.3. The van der Waals surface area contributed by atoms with E-state index in [0.29, 0.717) is 0 Å². The summed E-state index contributed by atoms with van der Waals surface area (Å²) >= 11 is 1.87. The molecule has 1 N–H and O–H groups in total. The Labute approximate surface area is 84.1 Å². The van der Waals surface area contributed by atoms with Crippen molar-refractivity contribution in [3.63, 3.8) is 0 Å². The molecule has 0 spiro atoms. The molecule has 0 amide bonds. The Morgan fingerprint density at radius 2 is 1.77 bits per heavy atom. The highest BCUT2D eigenvalue weighted by Crippen LogP contribution is 2.48. The molecule has 0 saturated carbocycles. The van der Waals surface area contributed by atoms with Crippen LogP contribution in [-0.2, 0) is 4.79 Å². The predicted molar refractivity (Wildman–Crippen MR) is 56.1 cm³/mol. The van der Waals surface area contributed by atoms with Gasteiger partial charge < -0.3 is 5.11 Å². The molecule has 1 aliphatic rings. The summed E-state index contributed by atoms with van der Waals surface area (Å²) in [5, 5.41) is 9.32. The normalized spacial score (nSPS) is 22.7. The van der Waals surface area contributed by atoms with Crippen molar-refractivity contribution in [3.8, 4) is 0 Å². The van der Waals surface area contributed by atoms with E-state index >= 15 is 0 Å². The van der Waals surface area contributed by atoms with E-state index in [-0.39, 0.29) is 5.41 Å². The number of carbonyl (C=O) groups is 1. The molecule has 1 fully saturated rings. The second-order valence-corrected chi connectivity index (χ2v) is 5.97. The summed E-state index contributed by atoms with van der Waals surface area (Å²) in [7, 11) is 0. The first kappa shape index (κ1) is 10.9. The van der Waals surface area contributed by atoms with Crippen LogP contribution in [0.15, 0.2) is 0 Å². The van der Waals surface area contributed by atoms with Gasteiger partial charge in [-0.15, -0.1) is 0 Å². The molecule has 0 unspecified atom stereocenters. The summed E-state index contributed by atoms with van der Waals surface area (Å²) in [6.07, 6.45) is 1.63. The molecule has 0 aromatic carbocycles. The lowest BCUT2D eigenvalue weighted by Crippen LogP contribution is -2.45. The highest BCUT2D eigenvalue weighted by Gasteiger charge is 2.48. The van der Waals surface area contributed by atoms with Crippen molar-refractivity contribution < 1.29 is 9.90 Å². The van der Waals surface area contributed by atoms with Crippen molar-refractivity contribution in [2.45, 2.75) is 33.6 Å². The maximum atomic E-state index is 11.3. The molecule has 0 bridgehead atoms. The molecule has 1 rings (SSSR count). The van der Waals surface area contributed by atoms with Crippen molar-refractivity contribution in [3.05, 3.63) is 0 Å². The Morgan fingerprint density at radius 1 is 1.31 bits per heavy atom. The fourth-order valence-corrected chi connectivity index (χ4v) is 3.19. The van der Waals surface area contributed by atoms with E-state index in [2.05, 4.69) is 0 Å². The molecule has 0 aromatic rings. The van der Waals surface area contributed by atoms with Gasteiger partial charge in [0.25, 0.3) is 0 Å². The zero-order valence-electron chi connectivity index (χ0n) is 8.59. The van der Waals surface area contributed by atoms with Crippen LogP contribution in [0.4, 0.5) is 0 Å². The number of thioether (sulfide) groups is 1. The van der Waals surface area contributed by atoms with Gasteiger partial charge in [0.2, 0.25) is 0 Å². The molecule has 0 aliphatic carbocycles. The van der Waals surface area contributed by atoms with Gasteiger partial charge in [-0.2, -0.15) is 11.8 Å². The van der Waals surface area contributed by atoms with Crippen molar-refractivity contribution in [2.24, 2.45) is 10.8 Å². The number of hydrogen-bond acceptors (Lipinski definition) is 2. The Bertz CT molecular complexity index is 199. The summed E-state index contributed by atoms with van der Waals surface area (Å²) in [6, 6.07) is 0. The van der Waals surface area contributed by atoms with Gasteiger partial charge in [0.05, 0.1) is 5.41 Å². The largest absolute Gasteiger partial charge is 0.481 e. The van der Waals surface area contributed by atoms with Crippen LogP contribution >= 0.6 is 11.8 Å². The third kappa shape index (κ3) is 1.85. The van der Waals surface area contributed by atoms with Crippen molar-refractivity contribution in [1.29, 1.82) is 0 Å². The van der Waals surface area contributed by atoms with E-state index in [1.165, 1.54) is 0 Å². The number of carboxylic acids is 1. The summed E-state index contributed by atoms with van der Waals surface area (Å²) in [5.41, 5.74) is -0.613. The first-order chi connectivity index (χ1) is 5.90. The van der Waals surface area contributed by atoms with Gasteiger partial charge in [-0.1, -0.05) is 20.8 Å². The van der Waals surface area contributed by atoms with E-state index in [9.17, 15) is 9.90 Å². The summed E-state index contributed by atoms with van der Waals surface area (Å²) < 4.78 is 0. The fourth-order valence-electron chi connectivity index (χ4n) is 2.00. The smallest absolute Gasteiger partial charge is 0.310 e. The Morgan fingerprint density at radius 3 is 2.00 bits per heavy atom. The summed E-state index contributed by atoms with van der Waals surface area (Å²) in [5.74, 6) is 1.37. The van der Waals surface area contributed by atoms with Crippen LogP contribution in [0.1, 0.15) is 33.6 Å². The van der Waals surface area contributed by atoms with Gasteiger partial charge in [0.1, 0.15) is 0 Å². The highest BCUT2D eigenvalue weighted by atomic mass is 32.2. The van der Waals surface area contributed by atoms with Gasteiger partial charge >= 0.3 is 5.97 Å². The lowest BCUT2D eigenvalue weighted by atomic mass is 9.63. The average molecular weight is 202 g/mol. The second-order valence-electron chi connectivity index (χ2n) is 4.75. The number of hydrogen-bond donors (Lipinski definition) is 1. The summed E-state index contributed by atoms with van der Waals surface area (Å²) in [6.45, 7) is 6.12. The molecule has 1 saturated heterocycles. The first-order valence-corrected chi connectivity index (χ1v) is 5.87. The molecule has 0 radical (unpaired) electrons. The quantitative estimate of drug-likeness (QED) is 0.710. The van der Waals surface area contributed by atoms with E-state index in [4.69, 9.17) is 0 Å². The first-order valence-electron chi connectivity index (χ1n) is 4.71. The van der Waals surface area contributed by atoms with E-state index in [1.807, 2.05) is 32.5 Å². The number of carboxylic acid groups (broad SMARTS) is 1. The second kappa shape index (κ2) is 3.52. The Hall–Kier alpha value is -0.180. The molecule has 1 aliphatic heterocycles. The van der Waals surface area contributed by atoms with Crippen LogP contribution in [0.5, 0.6) is 0 Å². The van der Waals surface area contributed by atoms with Crippen LogP contribution in [0.25, 0.3) is 0 Å². The van der Waals surface area contributed by atoms with E-state index < -0.39 is 11.4 Å². The average Bonchev–Trinajstić information content (AvgIpc) is 2.03. The van der Waals surface area contributed by atoms with Crippen LogP contribution in [-0.4, -0.2) is 22.6 Å². The lowest BCUT2D eigenvalue weighted by molar-refractivity contribution is -0.157. The molecular weight excluding hydrogens is 184 g/mol. The number of aliphatic carboxylic acids is 1. The third-order valence-electron chi connectivity index (χ3n) is 3.19. The van der Waals surface area contributed by atoms with Gasteiger partial charge in [-0.3, -0.25) is 4.79 Å². The Balaban J connectivity index is 2.93. The minimum absolute atomic E-state index is 0.125. The zero-order chi connectivity index (χ0) is 10.1. The van der Waals surface area contributed by atoms with Gasteiger partial charge in [0.15, 0.2) is 0 Å². The molecule has 3 heteroatoms. The maximum Gasteiger partial charge on any atom is 0.310 e. The molecule has 13 heavy (non-hydrogen) atoms. The van der Waals surface area contributed by atoms with Crippen molar-refractivity contribution >= 4 is 17.7 Å². The standard InChI is InChI=1S/C10H18O2S/c1-9(2,3)10(8(11)12)4-6-13-7-5-10/h4-7H2,1-3H3,(H,11,12). The molecule has 76 valence electrons. The van der Waals surface area contributed by atoms with Crippen LogP contribution < -0.4 is 0 Å². The minimum atomic E-state index is -0.611. The zero-order valence-corrected chi connectivity index (χ0v) is 9.41.